The largest absolute Gasteiger partial charge is 0.281 e. The Hall–Kier alpha value is -0.570. The second-order valence-corrected chi connectivity index (χ2v) is 3.68. The molecule has 0 aromatic heterocycles. The van der Waals surface area contributed by atoms with Gasteiger partial charge in [0.05, 0.1) is 0 Å². The Morgan fingerprint density at radius 1 is 0.923 bits per heavy atom. The van der Waals surface area contributed by atoms with E-state index < -0.39 is 0 Å². The molecule has 1 heterocycles. The molecule has 0 bridgehead atoms. The first-order valence-electron chi connectivity index (χ1n) is 5.39. The second kappa shape index (κ2) is 6.89. The molecular weight excluding hydrogens is 164 g/mol. The van der Waals surface area contributed by atoms with E-state index in [0.717, 1.165) is 25.9 Å². The van der Waals surface area contributed by atoms with Gasteiger partial charge in [-0.2, -0.15) is 0 Å². The minimum Gasteiger partial charge on any atom is -0.281 e. The fourth-order valence-corrected chi connectivity index (χ4v) is 1.68. The van der Waals surface area contributed by atoms with Crippen LogP contribution in [0.5, 0.6) is 0 Å². The molecule has 1 amide bonds. The Kier molecular flexibility index (Phi) is 5.57. The van der Waals surface area contributed by atoms with E-state index in [1.165, 1.54) is 38.5 Å². The van der Waals surface area contributed by atoms with Gasteiger partial charge < -0.3 is 0 Å². The van der Waals surface area contributed by atoms with Crippen LogP contribution in [0.25, 0.3) is 0 Å². The number of nitrogens with one attached hydrogen (secondary N) is 1. The number of carbonyl (C=O) groups is 1. The standard InChI is InChI=1S/C10H20N2O/c13-10-12-9-7-5-3-1-2-4-6-8-11-12/h10-11H,1-9H2. The molecule has 0 unspecified atom stereocenters. The van der Waals surface area contributed by atoms with Gasteiger partial charge in [-0.15, -0.1) is 0 Å². The maximum absolute atomic E-state index is 10.6. The quantitative estimate of drug-likeness (QED) is 0.629. The molecule has 3 nitrogen and oxygen atoms in total. The number of hydrogen-bond acceptors (Lipinski definition) is 2. The number of amides is 1. The van der Waals surface area contributed by atoms with E-state index in [0.29, 0.717) is 0 Å². The van der Waals surface area contributed by atoms with Crippen molar-refractivity contribution in [1.29, 1.82) is 0 Å². The molecule has 1 aliphatic heterocycles. The third-order valence-corrected chi connectivity index (χ3v) is 2.52. The first-order valence-corrected chi connectivity index (χ1v) is 5.39. The van der Waals surface area contributed by atoms with Crippen molar-refractivity contribution in [2.24, 2.45) is 0 Å². The zero-order valence-corrected chi connectivity index (χ0v) is 8.30. The van der Waals surface area contributed by atoms with E-state index in [-0.39, 0.29) is 0 Å². The molecule has 76 valence electrons. The van der Waals surface area contributed by atoms with E-state index in [1.54, 1.807) is 5.01 Å². The van der Waals surface area contributed by atoms with Gasteiger partial charge in [0.25, 0.3) is 0 Å². The van der Waals surface area contributed by atoms with Crippen LogP contribution in [0.3, 0.4) is 0 Å². The highest BCUT2D eigenvalue weighted by atomic mass is 16.1. The van der Waals surface area contributed by atoms with Gasteiger partial charge in [0, 0.05) is 13.1 Å². The zero-order valence-electron chi connectivity index (χ0n) is 8.30. The normalized spacial score (nSPS) is 22.0. The van der Waals surface area contributed by atoms with E-state index in [2.05, 4.69) is 5.43 Å². The van der Waals surface area contributed by atoms with Crippen molar-refractivity contribution in [2.75, 3.05) is 13.1 Å². The number of nitrogens with zero attached hydrogens (tertiary/aromatic N) is 1. The Balaban J connectivity index is 2.22. The maximum Gasteiger partial charge on any atom is 0.223 e. The third kappa shape index (κ3) is 4.88. The van der Waals surface area contributed by atoms with Gasteiger partial charge in [-0.3, -0.25) is 9.80 Å². The predicted octanol–water partition coefficient (Wildman–Crippen LogP) is 1.69. The molecule has 1 fully saturated rings. The highest BCUT2D eigenvalue weighted by Gasteiger charge is 2.01. The van der Waals surface area contributed by atoms with Crippen LogP contribution >= 0.6 is 0 Å². The summed E-state index contributed by atoms with van der Waals surface area (Å²) in [5.41, 5.74) is 3.13. The molecule has 0 aromatic carbocycles. The first kappa shape index (κ1) is 10.5. The molecule has 0 radical (unpaired) electrons. The molecule has 1 N–H and O–H groups in total. The number of rotatable bonds is 1. The van der Waals surface area contributed by atoms with Crippen LogP contribution in [-0.2, 0) is 4.79 Å². The van der Waals surface area contributed by atoms with Gasteiger partial charge in [0.1, 0.15) is 0 Å². The second-order valence-electron chi connectivity index (χ2n) is 3.68. The van der Waals surface area contributed by atoms with Crippen LogP contribution in [0.1, 0.15) is 44.9 Å². The average molecular weight is 184 g/mol. The summed E-state index contributed by atoms with van der Waals surface area (Å²) in [6.45, 7) is 1.81. The topological polar surface area (TPSA) is 32.3 Å². The lowest BCUT2D eigenvalue weighted by molar-refractivity contribution is -0.121. The van der Waals surface area contributed by atoms with Gasteiger partial charge in [0.15, 0.2) is 0 Å². The van der Waals surface area contributed by atoms with Gasteiger partial charge in [-0.05, 0) is 12.8 Å². The van der Waals surface area contributed by atoms with Crippen LogP contribution in [-0.4, -0.2) is 24.5 Å². The van der Waals surface area contributed by atoms with Crippen LogP contribution in [0, 0.1) is 0 Å². The molecule has 0 spiro atoms. The first-order chi connectivity index (χ1) is 6.43. The SMILES string of the molecule is O=CN1CCCCCCCCCN1. The van der Waals surface area contributed by atoms with Crippen LogP contribution in [0.4, 0.5) is 0 Å². The molecule has 1 aliphatic rings. The summed E-state index contributed by atoms with van der Waals surface area (Å²) in [4.78, 5) is 10.6. The summed E-state index contributed by atoms with van der Waals surface area (Å²) in [5.74, 6) is 0. The van der Waals surface area contributed by atoms with E-state index in [4.69, 9.17) is 0 Å². The molecule has 0 aromatic rings. The molecule has 0 saturated carbocycles. The minimum atomic E-state index is 0.865. The lowest BCUT2D eigenvalue weighted by Crippen LogP contribution is -2.38. The zero-order chi connectivity index (χ0) is 9.36. The lowest BCUT2D eigenvalue weighted by atomic mass is 10.1. The minimum absolute atomic E-state index is 0.865. The molecule has 1 rings (SSSR count). The van der Waals surface area contributed by atoms with Crippen molar-refractivity contribution in [3.05, 3.63) is 0 Å². The fourth-order valence-electron chi connectivity index (χ4n) is 1.68. The van der Waals surface area contributed by atoms with Crippen molar-refractivity contribution in [3.63, 3.8) is 0 Å². The fraction of sp³-hybridized carbons (Fsp3) is 0.900. The summed E-state index contributed by atoms with van der Waals surface area (Å²) in [6.07, 6.45) is 9.80. The summed E-state index contributed by atoms with van der Waals surface area (Å²) in [6, 6.07) is 0. The number of hydrogen-bond donors (Lipinski definition) is 1. The van der Waals surface area contributed by atoms with Crippen LogP contribution < -0.4 is 5.43 Å². The van der Waals surface area contributed by atoms with Crippen LogP contribution in [0.2, 0.25) is 0 Å². The number of carbonyl (C=O) groups excluding carboxylic acids is 1. The summed E-state index contributed by atoms with van der Waals surface area (Å²) in [5, 5.41) is 1.69. The van der Waals surface area contributed by atoms with Crippen molar-refractivity contribution >= 4 is 6.41 Å². The monoisotopic (exact) mass is 184 g/mol. The van der Waals surface area contributed by atoms with Gasteiger partial charge in [-0.25, -0.2) is 5.43 Å². The van der Waals surface area contributed by atoms with Gasteiger partial charge in [-0.1, -0.05) is 32.1 Å². The highest BCUT2D eigenvalue weighted by Crippen LogP contribution is 2.08. The van der Waals surface area contributed by atoms with Crippen LogP contribution in [0.15, 0.2) is 0 Å². The Morgan fingerprint density at radius 2 is 1.54 bits per heavy atom. The van der Waals surface area contributed by atoms with Gasteiger partial charge >= 0.3 is 0 Å². The molecule has 0 aliphatic carbocycles. The predicted molar refractivity (Wildman–Crippen MR) is 53.1 cm³/mol. The average Bonchev–Trinajstić information content (AvgIpc) is 2.22. The molecule has 1 saturated heterocycles. The Morgan fingerprint density at radius 3 is 2.23 bits per heavy atom. The summed E-state index contributed by atoms with van der Waals surface area (Å²) < 4.78 is 0. The van der Waals surface area contributed by atoms with Crippen molar-refractivity contribution in [2.45, 2.75) is 44.9 Å². The Labute approximate surface area is 80.5 Å². The van der Waals surface area contributed by atoms with E-state index in [9.17, 15) is 4.79 Å². The molecule has 0 atom stereocenters. The van der Waals surface area contributed by atoms with E-state index >= 15 is 0 Å². The third-order valence-electron chi connectivity index (χ3n) is 2.52. The van der Waals surface area contributed by atoms with E-state index in [1.807, 2.05) is 0 Å². The summed E-state index contributed by atoms with van der Waals surface area (Å²) >= 11 is 0. The molecular formula is C10H20N2O. The van der Waals surface area contributed by atoms with Crippen molar-refractivity contribution in [1.82, 2.24) is 10.4 Å². The maximum atomic E-state index is 10.6. The lowest BCUT2D eigenvalue weighted by Gasteiger charge is -2.17. The number of hydrazine groups is 1. The smallest absolute Gasteiger partial charge is 0.223 e. The highest BCUT2D eigenvalue weighted by molar-refractivity contribution is 5.45. The van der Waals surface area contributed by atoms with Crippen molar-refractivity contribution < 1.29 is 4.79 Å². The van der Waals surface area contributed by atoms with Gasteiger partial charge in [0.2, 0.25) is 6.41 Å². The molecule has 3 heteroatoms. The van der Waals surface area contributed by atoms with Crippen molar-refractivity contribution in [3.8, 4) is 0 Å². The Bertz CT molecular complexity index is 127. The summed E-state index contributed by atoms with van der Waals surface area (Å²) in [7, 11) is 0. The molecule has 13 heavy (non-hydrogen) atoms.